The predicted molar refractivity (Wildman–Crippen MR) is 57.9 cm³/mol. The van der Waals surface area contributed by atoms with Crippen LogP contribution in [-0.2, 0) is 0 Å². The number of hydrogen-bond acceptors (Lipinski definition) is 2. The molecule has 2 nitrogen and oxygen atoms in total. The van der Waals surface area contributed by atoms with Gasteiger partial charge in [-0.15, -0.1) is 0 Å². The van der Waals surface area contributed by atoms with Crippen molar-refractivity contribution in [2.24, 2.45) is 5.92 Å². The molecule has 0 fully saturated rings. The summed E-state index contributed by atoms with van der Waals surface area (Å²) in [7, 11) is 0. The molecule has 0 aliphatic carbocycles. The summed E-state index contributed by atoms with van der Waals surface area (Å²) in [4.78, 5) is 2.33. The van der Waals surface area contributed by atoms with Crippen LogP contribution >= 0.6 is 0 Å². The van der Waals surface area contributed by atoms with Crippen LogP contribution < -0.4 is 0 Å². The van der Waals surface area contributed by atoms with Crippen LogP contribution in [0.2, 0.25) is 0 Å². The van der Waals surface area contributed by atoms with E-state index in [0.717, 1.165) is 32.0 Å². The van der Waals surface area contributed by atoms with Gasteiger partial charge in [0.15, 0.2) is 0 Å². The standard InChI is InChI=1S/C11H25NO/c1-5-11(13)9-12(6-2)8-7-10(3)4/h10-11,13H,5-9H2,1-4H3/t11-/m1/s1. The first-order valence-electron chi connectivity index (χ1n) is 5.50. The number of likely N-dealkylation sites (N-methyl/N-ethyl adjacent to an activating group) is 1. The third-order valence-electron chi connectivity index (χ3n) is 2.41. The van der Waals surface area contributed by atoms with Gasteiger partial charge in [-0.1, -0.05) is 27.7 Å². The van der Waals surface area contributed by atoms with Crippen LogP contribution in [0.1, 0.15) is 40.5 Å². The van der Waals surface area contributed by atoms with Gasteiger partial charge >= 0.3 is 0 Å². The molecule has 1 atom stereocenters. The first-order valence-corrected chi connectivity index (χ1v) is 5.50. The zero-order valence-corrected chi connectivity index (χ0v) is 9.58. The predicted octanol–water partition coefficient (Wildman–Crippen LogP) is 2.13. The minimum Gasteiger partial charge on any atom is -0.392 e. The molecule has 13 heavy (non-hydrogen) atoms. The average Bonchev–Trinajstić information content (AvgIpc) is 2.11. The van der Waals surface area contributed by atoms with Gasteiger partial charge in [0.25, 0.3) is 0 Å². The molecule has 0 saturated heterocycles. The Hall–Kier alpha value is -0.0800. The van der Waals surface area contributed by atoms with E-state index in [-0.39, 0.29) is 6.10 Å². The third kappa shape index (κ3) is 7.03. The van der Waals surface area contributed by atoms with Crippen LogP contribution in [0.5, 0.6) is 0 Å². The summed E-state index contributed by atoms with van der Waals surface area (Å²) in [5.41, 5.74) is 0. The summed E-state index contributed by atoms with van der Waals surface area (Å²) >= 11 is 0. The Labute approximate surface area is 82.9 Å². The van der Waals surface area contributed by atoms with Crippen LogP contribution in [-0.4, -0.2) is 35.7 Å². The number of nitrogens with zero attached hydrogens (tertiary/aromatic N) is 1. The van der Waals surface area contributed by atoms with Crippen LogP contribution in [0, 0.1) is 5.92 Å². The van der Waals surface area contributed by atoms with E-state index in [1.165, 1.54) is 6.42 Å². The lowest BCUT2D eigenvalue weighted by Gasteiger charge is -2.23. The van der Waals surface area contributed by atoms with E-state index >= 15 is 0 Å². The zero-order chi connectivity index (χ0) is 10.3. The molecule has 2 heteroatoms. The van der Waals surface area contributed by atoms with Crippen molar-refractivity contribution in [1.29, 1.82) is 0 Å². The topological polar surface area (TPSA) is 23.5 Å². The van der Waals surface area contributed by atoms with Gasteiger partial charge in [-0.05, 0) is 31.8 Å². The molecule has 0 radical (unpaired) electrons. The second-order valence-electron chi connectivity index (χ2n) is 4.14. The van der Waals surface area contributed by atoms with Gasteiger partial charge in [-0.25, -0.2) is 0 Å². The van der Waals surface area contributed by atoms with Crippen LogP contribution in [0.25, 0.3) is 0 Å². The van der Waals surface area contributed by atoms with E-state index in [1.807, 2.05) is 6.92 Å². The molecule has 0 heterocycles. The normalized spacial score (nSPS) is 14.1. The zero-order valence-electron chi connectivity index (χ0n) is 9.58. The SMILES string of the molecule is CC[C@@H](O)CN(CC)CCC(C)C. The van der Waals surface area contributed by atoms with Crippen molar-refractivity contribution in [3.63, 3.8) is 0 Å². The number of aliphatic hydroxyl groups excluding tert-OH is 1. The lowest BCUT2D eigenvalue weighted by molar-refractivity contribution is 0.109. The maximum atomic E-state index is 9.48. The minimum absolute atomic E-state index is 0.146. The number of aliphatic hydroxyl groups is 1. The summed E-state index contributed by atoms with van der Waals surface area (Å²) in [5.74, 6) is 0.757. The van der Waals surface area contributed by atoms with Crippen LogP contribution in [0.3, 0.4) is 0 Å². The Bertz CT molecular complexity index is 115. The highest BCUT2D eigenvalue weighted by molar-refractivity contribution is 4.62. The summed E-state index contributed by atoms with van der Waals surface area (Å²) in [6.45, 7) is 11.7. The quantitative estimate of drug-likeness (QED) is 0.660. The highest BCUT2D eigenvalue weighted by Crippen LogP contribution is 2.03. The fourth-order valence-electron chi connectivity index (χ4n) is 1.25. The Balaban J connectivity index is 3.62. The van der Waals surface area contributed by atoms with Gasteiger partial charge in [0.05, 0.1) is 6.10 Å². The van der Waals surface area contributed by atoms with Crippen molar-refractivity contribution < 1.29 is 5.11 Å². The Kier molecular flexibility index (Phi) is 7.29. The van der Waals surface area contributed by atoms with Gasteiger partial charge in [0.2, 0.25) is 0 Å². The average molecular weight is 187 g/mol. The van der Waals surface area contributed by atoms with Gasteiger partial charge in [-0.3, -0.25) is 0 Å². The fourth-order valence-corrected chi connectivity index (χ4v) is 1.25. The second kappa shape index (κ2) is 7.34. The molecule has 1 N–H and O–H groups in total. The van der Waals surface area contributed by atoms with Crippen LogP contribution in [0.15, 0.2) is 0 Å². The molecule has 0 bridgehead atoms. The molecule has 0 spiro atoms. The highest BCUT2D eigenvalue weighted by Gasteiger charge is 2.08. The lowest BCUT2D eigenvalue weighted by Crippen LogP contribution is -2.33. The molecule has 0 aromatic carbocycles. The molecule has 80 valence electrons. The molecule has 0 unspecified atom stereocenters. The molecule has 0 aromatic rings. The Morgan fingerprint density at radius 1 is 1.23 bits per heavy atom. The van der Waals surface area contributed by atoms with E-state index in [4.69, 9.17) is 0 Å². The molecule has 0 saturated carbocycles. The fraction of sp³-hybridized carbons (Fsp3) is 1.00. The first-order chi connectivity index (χ1) is 6.10. The van der Waals surface area contributed by atoms with Crippen molar-refractivity contribution in [3.8, 4) is 0 Å². The van der Waals surface area contributed by atoms with E-state index in [1.54, 1.807) is 0 Å². The summed E-state index contributed by atoms with van der Waals surface area (Å²) in [6.07, 6.45) is 1.94. The summed E-state index contributed by atoms with van der Waals surface area (Å²) < 4.78 is 0. The highest BCUT2D eigenvalue weighted by atomic mass is 16.3. The van der Waals surface area contributed by atoms with Crippen molar-refractivity contribution in [2.75, 3.05) is 19.6 Å². The molecule has 0 aromatic heterocycles. The maximum absolute atomic E-state index is 9.48. The largest absolute Gasteiger partial charge is 0.392 e. The smallest absolute Gasteiger partial charge is 0.0664 e. The van der Waals surface area contributed by atoms with E-state index < -0.39 is 0 Å². The molecular weight excluding hydrogens is 162 g/mol. The van der Waals surface area contributed by atoms with Crippen molar-refractivity contribution >= 4 is 0 Å². The Morgan fingerprint density at radius 3 is 2.23 bits per heavy atom. The van der Waals surface area contributed by atoms with E-state index in [0.29, 0.717) is 0 Å². The summed E-state index contributed by atoms with van der Waals surface area (Å²) in [5, 5.41) is 9.48. The second-order valence-corrected chi connectivity index (χ2v) is 4.14. The van der Waals surface area contributed by atoms with Crippen molar-refractivity contribution in [3.05, 3.63) is 0 Å². The molecule has 0 aliphatic heterocycles. The van der Waals surface area contributed by atoms with Crippen molar-refractivity contribution in [2.45, 2.75) is 46.6 Å². The Morgan fingerprint density at radius 2 is 1.85 bits per heavy atom. The van der Waals surface area contributed by atoms with E-state index in [9.17, 15) is 5.11 Å². The number of hydrogen-bond donors (Lipinski definition) is 1. The summed E-state index contributed by atoms with van der Waals surface area (Å²) in [6, 6.07) is 0. The molecular formula is C11H25NO. The maximum Gasteiger partial charge on any atom is 0.0664 e. The van der Waals surface area contributed by atoms with Crippen LogP contribution in [0.4, 0.5) is 0 Å². The third-order valence-corrected chi connectivity index (χ3v) is 2.41. The minimum atomic E-state index is -0.146. The molecule has 0 amide bonds. The first kappa shape index (κ1) is 12.9. The van der Waals surface area contributed by atoms with Crippen molar-refractivity contribution in [1.82, 2.24) is 4.90 Å². The molecule has 0 rings (SSSR count). The van der Waals surface area contributed by atoms with Gasteiger partial charge in [0.1, 0.15) is 0 Å². The van der Waals surface area contributed by atoms with Gasteiger partial charge in [-0.2, -0.15) is 0 Å². The molecule has 0 aliphatic rings. The van der Waals surface area contributed by atoms with Gasteiger partial charge in [0, 0.05) is 6.54 Å². The lowest BCUT2D eigenvalue weighted by atomic mass is 10.1. The number of rotatable bonds is 7. The van der Waals surface area contributed by atoms with E-state index in [2.05, 4.69) is 25.7 Å². The van der Waals surface area contributed by atoms with Gasteiger partial charge < -0.3 is 10.0 Å². The monoisotopic (exact) mass is 187 g/mol.